The van der Waals surface area contributed by atoms with Gasteiger partial charge in [-0.25, -0.2) is 9.59 Å². The molecule has 208 valence electrons. The van der Waals surface area contributed by atoms with Crippen LogP contribution in [0.5, 0.6) is 0 Å². The fourth-order valence-electron chi connectivity index (χ4n) is 7.17. The van der Waals surface area contributed by atoms with Crippen molar-refractivity contribution in [2.24, 2.45) is 17.8 Å². The predicted octanol–water partition coefficient (Wildman–Crippen LogP) is 0.0485. The molecule has 0 aromatic heterocycles. The van der Waals surface area contributed by atoms with E-state index in [2.05, 4.69) is 0 Å². The Balaban J connectivity index is 1.18. The van der Waals surface area contributed by atoms with Crippen LogP contribution in [0, 0.1) is 17.8 Å². The Morgan fingerprint density at radius 1 is 1.16 bits per heavy atom. The summed E-state index contributed by atoms with van der Waals surface area (Å²) in [5.74, 6) is -5.08. The van der Waals surface area contributed by atoms with Crippen molar-refractivity contribution < 1.29 is 69.6 Å². The van der Waals surface area contributed by atoms with Gasteiger partial charge >= 0.3 is 27.3 Å². The molecule has 13 nitrogen and oxygen atoms in total. The summed E-state index contributed by atoms with van der Waals surface area (Å²) in [6.45, 7) is 0.122. The Bertz CT molecular complexity index is 1080. The van der Waals surface area contributed by atoms with Crippen molar-refractivity contribution in [2.45, 2.75) is 92.9 Å². The molecule has 2 N–H and O–H groups in total. The van der Waals surface area contributed by atoms with Gasteiger partial charge in [-0.05, 0) is 44.9 Å². The topological polar surface area (TPSA) is 173 Å². The van der Waals surface area contributed by atoms with E-state index in [1.54, 1.807) is 6.92 Å². The third kappa shape index (κ3) is 3.75. The van der Waals surface area contributed by atoms with Crippen LogP contribution in [0.4, 0.5) is 8.78 Å². The maximum absolute atomic E-state index is 13.9. The first-order valence-corrected chi connectivity index (χ1v) is 13.5. The highest BCUT2D eigenvalue weighted by Gasteiger charge is 2.74. The lowest BCUT2D eigenvalue weighted by Gasteiger charge is -2.62. The van der Waals surface area contributed by atoms with Crippen molar-refractivity contribution in [1.82, 2.24) is 0 Å². The summed E-state index contributed by atoms with van der Waals surface area (Å²) in [5.41, 5.74) is -1.35. The summed E-state index contributed by atoms with van der Waals surface area (Å²) >= 11 is 0. The molecule has 4 bridgehead atoms. The fraction of sp³-hybridized carbons (Fsp3) is 0.905. The number of esters is 2. The van der Waals surface area contributed by atoms with Crippen LogP contribution >= 0.6 is 0 Å². The molecule has 16 heteroatoms. The number of hydrogen-bond acceptors (Lipinski definition) is 12. The number of aliphatic hydroxyl groups is 1. The van der Waals surface area contributed by atoms with Crippen LogP contribution in [0.3, 0.4) is 0 Å². The first-order chi connectivity index (χ1) is 17.3. The van der Waals surface area contributed by atoms with Gasteiger partial charge in [0.2, 0.25) is 0 Å². The molecule has 3 saturated heterocycles. The molecule has 0 aromatic carbocycles. The van der Waals surface area contributed by atoms with Crippen molar-refractivity contribution in [3.63, 3.8) is 0 Å². The minimum Gasteiger partial charge on any atom is -0.454 e. The molecule has 0 amide bonds. The summed E-state index contributed by atoms with van der Waals surface area (Å²) in [7, 11) is -6.00. The second kappa shape index (κ2) is 8.24. The predicted molar refractivity (Wildman–Crippen MR) is 109 cm³/mol. The molecular formula is C21H26F2O13S. The van der Waals surface area contributed by atoms with Crippen LogP contribution in [0.25, 0.3) is 0 Å². The van der Waals surface area contributed by atoms with Crippen LogP contribution in [-0.4, -0.2) is 90.4 Å². The van der Waals surface area contributed by atoms with E-state index in [-0.39, 0.29) is 31.8 Å². The summed E-state index contributed by atoms with van der Waals surface area (Å²) in [4.78, 5) is 24.5. The second-order valence-corrected chi connectivity index (χ2v) is 12.0. The summed E-state index contributed by atoms with van der Waals surface area (Å²) in [6.07, 6.45) is -3.20. The van der Waals surface area contributed by atoms with Crippen LogP contribution in [0.2, 0.25) is 0 Å². The average Bonchev–Trinajstić information content (AvgIpc) is 3.40. The number of carbonyl (C=O) groups is 2. The van der Waals surface area contributed by atoms with Gasteiger partial charge in [-0.15, -0.1) is 0 Å². The van der Waals surface area contributed by atoms with Crippen molar-refractivity contribution in [3.05, 3.63) is 0 Å². The van der Waals surface area contributed by atoms with Crippen LogP contribution in [0.15, 0.2) is 0 Å². The van der Waals surface area contributed by atoms with E-state index in [4.69, 9.17) is 37.7 Å². The quantitative estimate of drug-likeness (QED) is 0.245. The van der Waals surface area contributed by atoms with Gasteiger partial charge in [0.05, 0.1) is 0 Å². The van der Waals surface area contributed by atoms with Crippen molar-refractivity contribution in [1.29, 1.82) is 0 Å². The molecule has 0 radical (unpaired) electrons. The molecule has 7 rings (SSSR count). The largest absolute Gasteiger partial charge is 0.465 e. The van der Waals surface area contributed by atoms with Gasteiger partial charge in [-0.2, -0.15) is 17.2 Å². The molecule has 1 spiro atoms. The fourth-order valence-corrected chi connectivity index (χ4v) is 7.42. The zero-order valence-corrected chi connectivity index (χ0v) is 20.3. The summed E-state index contributed by atoms with van der Waals surface area (Å²) in [6, 6.07) is 0. The Kier molecular flexibility index (Phi) is 5.73. The number of ether oxygens (including phenoxy) is 7. The molecule has 37 heavy (non-hydrogen) atoms. The maximum atomic E-state index is 13.9. The third-order valence-electron chi connectivity index (χ3n) is 8.33. The van der Waals surface area contributed by atoms with E-state index in [1.165, 1.54) is 0 Å². The molecule has 4 aliphatic carbocycles. The van der Waals surface area contributed by atoms with E-state index in [0.717, 1.165) is 0 Å². The number of fused-ring (bicyclic) bond motifs is 3. The van der Waals surface area contributed by atoms with E-state index < -0.39 is 87.7 Å². The van der Waals surface area contributed by atoms with Gasteiger partial charge in [0, 0.05) is 18.4 Å². The Labute approximate surface area is 209 Å². The number of halogens is 2. The van der Waals surface area contributed by atoms with Gasteiger partial charge in [0.15, 0.2) is 30.4 Å². The zero-order valence-electron chi connectivity index (χ0n) is 19.5. The number of aliphatic hydroxyl groups excluding tert-OH is 1. The zero-order chi connectivity index (χ0) is 26.5. The Morgan fingerprint density at radius 2 is 1.84 bits per heavy atom. The molecule has 7 aliphatic rings. The van der Waals surface area contributed by atoms with Crippen LogP contribution < -0.4 is 0 Å². The number of alkyl halides is 2. The first kappa shape index (κ1) is 25.7. The monoisotopic (exact) mass is 556 g/mol. The van der Waals surface area contributed by atoms with Crippen LogP contribution in [0.1, 0.15) is 39.0 Å². The van der Waals surface area contributed by atoms with Gasteiger partial charge < -0.3 is 38.3 Å². The number of hydrogen-bond donors (Lipinski definition) is 2. The molecule has 7 fully saturated rings. The van der Waals surface area contributed by atoms with Crippen molar-refractivity contribution in [3.8, 4) is 0 Å². The second-order valence-electron chi connectivity index (χ2n) is 10.5. The maximum Gasteiger partial charge on any atom is 0.465 e. The minimum atomic E-state index is -6.00. The minimum absolute atomic E-state index is 0.00118. The summed E-state index contributed by atoms with van der Waals surface area (Å²) < 4.78 is 97.9. The third-order valence-corrected chi connectivity index (χ3v) is 9.14. The highest BCUT2D eigenvalue weighted by atomic mass is 32.2. The standard InChI is InChI=1S/C21H26F2O13S/c1-2-30-18(26)33-13-11-12(31-15(13)24)14-16(32-11)35-20(34-14)9-3-8-4-10(20)7-19(5-8,6-9)36-17(25)21(22,23)37(27,28)29/h8-14,16,18,26H,2-7H2,1H3,(H,27,28,29). The molecule has 3 heterocycles. The molecule has 0 aromatic rings. The van der Waals surface area contributed by atoms with E-state index >= 15 is 0 Å². The van der Waals surface area contributed by atoms with E-state index in [9.17, 15) is 31.9 Å². The van der Waals surface area contributed by atoms with E-state index in [0.29, 0.717) is 12.8 Å². The highest BCUT2D eigenvalue weighted by Crippen LogP contribution is 2.65. The van der Waals surface area contributed by atoms with Gasteiger partial charge in [-0.1, -0.05) is 0 Å². The normalized spacial score (nSPS) is 46.7. The SMILES string of the molecule is CCOC(O)OC1C(=O)OC2C3OC4(OC3OC12)C1CC2CC4CC(OC(=O)C(F)(F)S(=O)(=O)O)(C2)C1. The first-order valence-electron chi connectivity index (χ1n) is 12.0. The van der Waals surface area contributed by atoms with Gasteiger partial charge in [-0.3, -0.25) is 4.55 Å². The lowest BCUT2D eigenvalue weighted by molar-refractivity contribution is -0.346. The number of carbonyl (C=O) groups excluding carboxylic acids is 2. The Hall–Kier alpha value is -1.53. The van der Waals surface area contributed by atoms with Crippen LogP contribution in [-0.2, 0) is 52.9 Å². The average molecular weight is 556 g/mol. The molecule has 8 unspecified atom stereocenters. The molecule has 8 atom stereocenters. The van der Waals surface area contributed by atoms with E-state index in [1.807, 2.05) is 0 Å². The van der Waals surface area contributed by atoms with Crippen molar-refractivity contribution in [2.75, 3.05) is 6.61 Å². The lowest BCUT2D eigenvalue weighted by atomic mass is 9.51. The van der Waals surface area contributed by atoms with Crippen molar-refractivity contribution >= 4 is 22.1 Å². The molecule has 4 saturated carbocycles. The summed E-state index contributed by atoms with van der Waals surface area (Å²) in [5, 5.41) is 4.68. The number of rotatable bonds is 7. The van der Waals surface area contributed by atoms with Gasteiger partial charge in [0.1, 0.15) is 11.7 Å². The van der Waals surface area contributed by atoms with Gasteiger partial charge in [0.25, 0.3) is 6.48 Å². The molecular weight excluding hydrogens is 530 g/mol. The Morgan fingerprint density at radius 3 is 2.46 bits per heavy atom. The smallest absolute Gasteiger partial charge is 0.454 e. The lowest BCUT2D eigenvalue weighted by Crippen LogP contribution is -2.66. The molecule has 3 aliphatic heterocycles. The highest BCUT2D eigenvalue weighted by molar-refractivity contribution is 7.87.